The second kappa shape index (κ2) is 4.81. The number of ether oxygens (including phenoxy) is 1. The lowest BCUT2D eigenvalue weighted by Gasteiger charge is -2.09. The Hall–Kier alpha value is -1.82. The molecule has 0 amide bonds. The predicted octanol–water partition coefficient (Wildman–Crippen LogP) is 2.98. The molecule has 1 aromatic heterocycles. The number of aromatic nitrogens is 2. The fraction of sp³-hybridized carbons (Fsp3) is 0.167. The predicted molar refractivity (Wildman–Crippen MR) is 69.1 cm³/mol. The smallest absolute Gasteiger partial charge is 0.340 e. The number of benzene rings is 1. The van der Waals surface area contributed by atoms with Crippen LogP contribution in [0.15, 0.2) is 28.7 Å². The number of carboxylic acids is 1. The zero-order valence-corrected chi connectivity index (χ0v) is 11.4. The fourth-order valence-electron chi connectivity index (χ4n) is 1.59. The van der Waals surface area contributed by atoms with Crippen LogP contribution < -0.4 is 4.74 Å². The van der Waals surface area contributed by atoms with Crippen LogP contribution in [0, 0.1) is 6.92 Å². The van der Waals surface area contributed by atoms with Gasteiger partial charge in [-0.15, -0.1) is 0 Å². The maximum Gasteiger partial charge on any atom is 0.340 e. The number of aryl methyl sites for hydroxylation is 2. The van der Waals surface area contributed by atoms with Crippen molar-refractivity contribution in [1.82, 2.24) is 9.78 Å². The van der Waals surface area contributed by atoms with E-state index < -0.39 is 5.97 Å². The summed E-state index contributed by atoms with van der Waals surface area (Å²) in [7, 11) is 1.74. The van der Waals surface area contributed by atoms with E-state index in [1.807, 2.05) is 6.92 Å². The molecule has 0 bridgehead atoms. The Morgan fingerprint density at radius 1 is 1.50 bits per heavy atom. The molecule has 94 valence electrons. The zero-order chi connectivity index (χ0) is 13.3. The second-order valence-corrected chi connectivity index (χ2v) is 4.62. The van der Waals surface area contributed by atoms with Crippen molar-refractivity contribution >= 4 is 21.9 Å². The van der Waals surface area contributed by atoms with Gasteiger partial charge >= 0.3 is 5.97 Å². The van der Waals surface area contributed by atoms with Gasteiger partial charge in [0.15, 0.2) is 0 Å². The average Bonchev–Trinajstić information content (AvgIpc) is 2.57. The molecule has 0 saturated heterocycles. The normalized spacial score (nSPS) is 10.4. The summed E-state index contributed by atoms with van der Waals surface area (Å²) in [6.07, 6.45) is 0. The lowest BCUT2D eigenvalue weighted by atomic mass is 10.2. The first-order chi connectivity index (χ1) is 8.49. The third-order valence-corrected chi connectivity index (χ3v) is 3.02. The van der Waals surface area contributed by atoms with Crippen LogP contribution in [0.1, 0.15) is 16.1 Å². The summed E-state index contributed by atoms with van der Waals surface area (Å²) in [5, 5.41) is 13.3. The van der Waals surface area contributed by atoms with Gasteiger partial charge in [0.1, 0.15) is 11.3 Å². The van der Waals surface area contributed by atoms with Crippen LogP contribution in [0.4, 0.5) is 0 Å². The summed E-state index contributed by atoms with van der Waals surface area (Å²) in [6, 6.07) is 6.73. The van der Waals surface area contributed by atoms with Gasteiger partial charge in [-0.05, 0) is 35.0 Å². The van der Waals surface area contributed by atoms with E-state index in [4.69, 9.17) is 9.84 Å². The molecule has 0 radical (unpaired) electrons. The number of aromatic carboxylic acids is 1. The molecule has 18 heavy (non-hydrogen) atoms. The van der Waals surface area contributed by atoms with Gasteiger partial charge in [-0.25, -0.2) is 9.48 Å². The summed E-state index contributed by atoms with van der Waals surface area (Å²) in [4.78, 5) is 11.2. The number of halogens is 1. The summed E-state index contributed by atoms with van der Waals surface area (Å²) in [5.74, 6) is -0.274. The highest BCUT2D eigenvalue weighted by Crippen LogP contribution is 2.30. The summed E-state index contributed by atoms with van der Waals surface area (Å²) in [5.41, 5.74) is 0.899. The molecule has 1 N–H and O–H groups in total. The Morgan fingerprint density at radius 2 is 2.22 bits per heavy atom. The molecule has 1 aromatic carbocycles. The van der Waals surface area contributed by atoms with E-state index in [0.717, 1.165) is 5.69 Å². The molecule has 1 heterocycles. The molecule has 0 fully saturated rings. The number of rotatable bonds is 3. The highest BCUT2D eigenvalue weighted by Gasteiger charge is 2.17. The van der Waals surface area contributed by atoms with Crippen LogP contribution in [0.25, 0.3) is 0 Å². The quantitative estimate of drug-likeness (QED) is 0.946. The van der Waals surface area contributed by atoms with E-state index in [2.05, 4.69) is 21.0 Å². The van der Waals surface area contributed by atoms with Gasteiger partial charge in [0.2, 0.25) is 5.88 Å². The van der Waals surface area contributed by atoms with Gasteiger partial charge in [-0.1, -0.05) is 6.07 Å². The first kappa shape index (κ1) is 12.6. The van der Waals surface area contributed by atoms with Crippen molar-refractivity contribution in [3.05, 3.63) is 40.0 Å². The van der Waals surface area contributed by atoms with Gasteiger partial charge in [0, 0.05) is 17.6 Å². The van der Waals surface area contributed by atoms with Gasteiger partial charge < -0.3 is 9.84 Å². The number of nitrogens with zero attached hydrogens (tertiary/aromatic N) is 2. The molecule has 2 rings (SSSR count). The molecule has 0 atom stereocenters. The largest absolute Gasteiger partial charge is 0.478 e. The highest BCUT2D eigenvalue weighted by atomic mass is 79.9. The monoisotopic (exact) mass is 310 g/mol. The lowest BCUT2D eigenvalue weighted by Crippen LogP contribution is -2.03. The molecule has 0 aliphatic carbocycles. The van der Waals surface area contributed by atoms with Gasteiger partial charge in [0.25, 0.3) is 0 Å². The first-order valence-corrected chi connectivity index (χ1v) is 5.98. The van der Waals surface area contributed by atoms with E-state index >= 15 is 0 Å². The second-order valence-electron chi connectivity index (χ2n) is 3.77. The van der Waals surface area contributed by atoms with Crippen molar-refractivity contribution in [3.8, 4) is 11.6 Å². The van der Waals surface area contributed by atoms with Gasteiger partial charge in [-0.2, -0.15) is 5.10 Å². The Kier molecular flexibility index (Phi) is 3.38. The standard InChI is InChI=1S/C12H11BrN2O3/c1-7-6-10(15(2)14-7)18-9-5-3-4-8(13)11(9)12(16)17/h3-6H,1-2H3,(H,16,17). The van der Waals surface area contributed by atoms with E-state index in [1.165, 1.54) is 0 Å². The Balaban J connectivity index is 2.43. The van der Waals surface area contributed by atoms with Crippen molar-refractivity contribution in [2.45, 2.75) is 6.92 Å². The van der Waals surface area contributed by atoms with Gasteiger partial charge in [-0.3, -0.25) is 0 Å². The molecule has 0 spiro atoms. The Morgan fingerprint density at radius 3 is 2.78 bits per heavy atom. The molecule has 0 saturated carbocycles. The third-order valence-electron chi connectivity index (χ3n) is 2.36. The summed E-state index contributed by atoms with van der Waals surface area (Å²) >= 11 is 3.20. The van der Waals surface area contributed by atoms with Crippen LogP contribution >= 0.6 is 15.9 Å². The average molecular weight is 311 g/mol. The number of hydrogen-bond acceptors (Lipinski definition) is 3. The topological polar surface area (TPSA) is 64.3 Å². The van der Waals surface area contributed by atoms with Gasteiger partial charge in [0.05, 0.1) is 5.69 Å². The van der Waals surface area contributed by atoms with Crippen molar-refractivity contribution in [1.29, 1.82) is 0 Å². The maximum atomic E-state index is 11.2. The Bertz CT molecular complexity index is 607. The van der Waals surface area contributed by atoms with Crippen molar-refractivity contribution < 1.29 is 14.6 Å². The molecular formula is C12H11BrN2O3. The minimum Gasteiger partial charge on any atom is -0.478 e. The minimum absolute atomic E-state index is 0.0938. The molecule has 0 aliphatic heterocycles. The summed E-state index contributed by atoms with van der Waals surface area (Å²) < 4.78 is 7.63. The minimum atomic E-state index is -1.05. The highest BCUT2D eigenvalue weighted by molar-refractivity contribution is 9.10. The van der Waals surface area contributed by atoms with Crippen molar-refractivity contribution in [3.63, 3.8) is 0 Å². The van der Waals surface area contributed by atoms with Crippen molar-refractivity contribution in [2.75, 3.05) is 0 Å². The fourth-order valence-corrected chi connectivity index (χ4v) is 2.11. The van der Waals surface area contributed by atoms with Crippen LogP contribution in [0.5, 0.6) is 11.6 Å². The zero-order valence-electron chi connectivity index (χ0n) is 9.85. The van der Waals surface area contributed by atoms with E-state index in [-0.39, 0.29) is 11.3 Å². The molecular weight excluding hydrogens is 300 g/mol. The maximum absolute atomic E-state index is 11.2. The number of carboxylic acid groups (broad SMARTS) is 1. The first-order valence-electron chi connectivity index (χ1n) is 5.19. The lowest BCUT2D eigenvalue weighted by molar-refractivity contribution is 0.0693. The van der Waals surface area contributed by atoms with Crippen molar-refractivity contribution in [2.24, 2.45) is 7.05 Å². The summed E-state index contributed by atoms with van der Waals surface area (Å²) in [6.45, 7) is 1.84. The van der Waals surface area contributed by atoms with Crippen LogP contribution in [-0.2, 0) is 7.05 Å². The van der Waals surface area contributed by atoms with Crippen LogP contribution in [0.3, 0.4) is 0 Å². The molecule has 6 heteroatoms. The molecule has 0 unspecified atom stereocenters. The molecule has 5 nitrogen and oxygen atoms in total. The van der Waals surface area contributed by atoms with E-state index in [9.17, 15) is 4.79 Å². The van der Waals surface area contributed by atoms with E-state index in [1.54, 1.807) is 36.0 Å². The van der Waals surface area contributed by atoms with E-state index in [0.29, 0.717) is 10.4 Å². The number of carbonyl (C=O) groups is 1. The third kappa shape index (κ3) is 2.38. The number of hydrogen-bond donors (Lipinski definition) is 1. The SMILES string of the molecule is Cc1cc(Oc2cccc(Br)c2C(=O)O)n(C)n1. The molecule has 0 aliphatic rings. The van der Waals surface area contributed by atoms with Crippen LogP contribution in [-0.4, -0.2) is 20.9 Å². The van der Waals surface area contributed by atoms with Crippen LogP contribution in [0.2, 0.25) is 0 Å². The molecule has 2 aromatic rings. The Labute approximate surface area is 112 Å².